The summed E-state index contributed by atoms with van der Waals surface area (Å²) in [7, 11) is 0. The van der Waals surface area contributed by atoms with Gasteiger partial charge >= 0.3 is 5.97 Å². The standard InChI is InChI=1S/C55H95NO5/c1-4-7-10-13-16-19-22-25-27-30-32-35-38-41-44-47-53(58)52(50-57)56-54(59)49-51(46-43-40-37-34-31-29-26-23-20-17-14-11-8-5-2)61-55(60)48-45-42-39-36-33-28-24-21-18-15-12-9-6-3/h9,12,15,18,21,24,28-29,31,33-34,36-37,39,51-53,57-58H,4-8,10-11,13-14,16-17,19-20,22-23,25-27,30,32,35,38,40-50H2,1-3H3,(H,56,59)/b12-9+,18-15+,24-21-,31-29+,33-28-,37-34+,39-36+. The number of nitrogens with one attached hydrogen (secondary N) is 1. The number of carbonyl (C=O) groups is 2. The Balaban J connectivity index is 4.73. The Hall–Kier alpha value is -2.96. The Morgan fingerprint density at radius 3 is 1.39 bits per heavy atom. The van der Waals surface area contributed by atoms with Crippen molar-refractivity contribution in [3.05, 3.63) is 85.1 Å². The van der Waals surface area contributed by atoms with Gasteiger partial charge in [-0.25, -0.2) is 0 Å². The highest BCUT2D eigenvalue weighted by Crippen LogP contribution is 2.16. The Morgan fingerprint density at radius 1 is 0.492 bits per heavy atom. The van der Waals surface area contributed by atoms with Gasteiger partial charge in [0.05, 0.1) is 25.2 Å². The molecule has 0 rings (SSSR count). The molecule has 0 saturated carbocycles. The highest BCUT2D eigenvalue weighted by molar-refractivity contribution is 5.77. The van der Waals surface area contributed by atoms with Crippen LogP contribution in [0.25, 0.3) is 0 Å². The zero-order valence-electron chi connectivity index (χ0n) is 39.8. The highest BCUT2D eigenvalue weighted by atomic mass is 16.5. The zero-order valence-corrected chi connectivity index (χ0v) is 39.8. The Kier molecular flexibility index (Phi) is 45.7. The summed E-state index contributed by atoms with van der Waals surface area (Å²) in [6, 6.07) is -0.734. The minimum absolute atomic E-state index is 0.0122. The molecule has 0 aromatic carbocycles. The van der Waals surface area contributed by atoms with Crippen LogP contribution in [-0.4, -0.2) is 46.9 Å². The number of allylic oxidation sites excluding steroid dienone is 14. The van der Waals surface area contributed by atoms with Crippen LogP contribution >= 0.6 is 0 Å². The summed E-state index contributed by atoms with van der Waals surface area (Å²) in [5.74, 6) is -0.614. The lowest BCUT2D eigenvalue weighted by Crippen LogP contribution is -2.46. The number of aliphatic hydroxyl groups excluding tert-OH is 2. The van der Waals surface area contributed by atoms with E-state index in [0.717, 1.165) is 51.4 Å². The minimum atomic E-state index is -0.815. The molecule has 61 heavy (non-hydrogen) atoms. The Morgan fingerprint density at radius 2 is 0.902 bits per heavy atom. The lowest BCUT2D eigenvalue weighted by Gasteiger charge is -2.24. The van der Waals surface area contributed by atoms with Gasteiger partial charge in [0.15, 0.2) is 0 Å². The summed E-state index contributed by atoms with van der Waals surface area (Å²) in [5.41, 5.74) is 0. The summed E-state index contributed by atoms with van der Waals surface area (Å²) in [5, 5.41) is 23.7. The first kappa shape index (κ1) is 58.0. The number of carbonyl (C=O) groups excluding carboxylic acids is 2. The monoisotopic (exact) mass is 850 g/mol. The van der Waals surface area contributed by atoms with E-state index in [1.165, 1.54) is 122 Å². The van der Waals surface area contributed by atoms with E-state index < -0.39 is 18.2 Å². The fourth-order valence-electron chi connectivity index (χ4n) is 7.28. The molecule has 0 aliphatic heterocycles. The van der Waals surface area contributed by atoms with Crippen LogP contribution in [0, 0.1) is 0 Å². The maximum absolute atomic E-state index is 13.2. The van der Waals surface area contributed by atoms with Crippen molar-refractivity contribution in [1.82, 2.24) is 5.32 Å². The average Bonchev–Trinajstić information content (AvgIpc) is 3.25. The first-order valence-corrected chi connectivity index (χ1v) is 25.4. The van der Waals surface area contributed by atoms with Crippen molar-refractivity contribution in [2.24, 2.45) is 0 Å². The van der Waals surface area contributed by atoms with E-state index in [4.69, 9.17) is 4.74 Å². The first-order valence-electron chi connectivity index (χ1n) is 25.4. The zero-order chi connectivity index (χ0) is 44.5. The van der Waals surface area contributed by atoms with Crippen LogP contribution in [0.1, 0.15) is 226 Å². The summed E-state index contributed by atoms with van der Waals surface area (Å²) in [6.07, 6.45) is 62.2. The van der Waals surface area contributed by atoms with E-state index in [9.17, 15) is 19.8 Å². The third kappa shape index (κ3) is 43.5. The van der Waals surface area contributed by atoms with Crippen LogP contribution < -0.4 is 5.32 Å². The predicted octanol–water partition coefficient (Wildman–Crippen LogP) is 15.2. The van der Waals surface area contributed by atoms with Crippen LogP contribution in [0.2, 0.25) is 0 Å². The molecule has 0 fully saturated rings. The van der Waals surface area contributed by atoms with Crippen LogP contribution in [0.4, 0.5) is 0 Å². The molecular weight excluding hydrogens is 755 g/mol. The normalized spacial score (nSPS) is 14.0. The van der Waals surface area contributed by atoms with Crippen molar-refractivity contribution in [2.45, 2.75) is 244 Å². The smallest absolute Gasteiger partial charge is 0.306 e. The molecule has 0 radical (unpaired) electrons. The molecule has 0 spiro atoms. The molecule has 350 valence electrons. The van der Waals surface area contributed by atoms with Crippen molar-refractivity contribution in [3.8, 4) is 0 Å². The molecule has 1 amide bonds. The second kappa shape index (κ2) is 48.1. The lowest BCUT2D eigenvalue weighted by atomic mass is 10.0. The van der Waals surface area contributed by atoms with Crippen LogP contribution in [0.15, 0.2) is 85.1 Å². The second-order valence-electron chi connectivity index (χ2n) is 17.0. The van der Waals surface area contributed by atoms with Crippen LogP contribution in [0.3, 0.4) is 0 Å². The molecule has 0 saturated heterocycles. The number of ether oxygens (including phenoxy) is 1. The molecule has 6 heteroatoms. The summed E-state index contributed by atoms with van der Waals surface area (Å²) < 4.78 is 5.86. The van der Waals surface area contributed by atoms with E-state index in [2.05, 4.69) is 56.5 Å². The van der Waals surface area contributed by atoms with E-state index in [1.54, 1.807) is 0 Å². The summed E-state index contributed by atoms with van der Waals surface area (Å²) >= 11 is 0. The Bertz CT molecular complexity index is 1180. The van der Waals surface area contributed by atoms with Gasteiger partial charge in [0.25, 0.3) is 0 Å². The molecule has 0 aromatic heterocycles. The summed E-state index contributed by atoms with van der Waals surface area (Å²) in [6.45, 7) is 6.30. The Labute approximate surface area is 376 Å². The third-order valence-corrected chi connectivity index (χ3v) is 11.1. The van der Waals surface area contributed by atoms with Gasteiger partial charge in [0.1, 0.15) is 6.10 Å². The summed E-state index contributed by atoms with van der Waals surface area (Å²) in [4.78, 5) is 26.1. The van der Waals surface area contributed by atoms with Gasteiger partial charge in [0.2, 0.25) is 5.91 Å². The topological polar surface area (TPSA) is 95.9 Å². The van der Waals surface area contributed by atoms with Gasteiger partial charge in [-0.3, -0.25) is 9.59 Å². The lowest BCUT2D eigenvalue weighted by molar-refractivity contribution is -0.151. The van der Waals surface area contributed by atoms with Crippen LogP contribution in [-0.2, 0) is 14.3 Å². The maximum atomic E-state index is 13.2. The average molecular weight is 850 g/mol. The number of amides is 1. The molecule has 6 nitrogen and oxygen atoms in total. The van der Waals surface area contributed by atoms with Gasteiger partial charge in [-0.2, -0.15) is 0 Å². The van der Waals surface area contributed by atoms with Gasteiger partial charge in [-0.1, -0.05) is 241 Å². The van der Waals surface area contributed by atoms with E-state index in [-0.39, 0.29) is 31.3 Å². The van der Waals surface area contributed by atoms with E-state index in [0.29, 0.717) is 19.3 Å². The van der Waals surface area contributed by atoms with Crippen LogP contribution in [0.5, 0.6) is 0 Å². The predicted molar refractivity (Wildman–Crippen MR) is 264 cm³/mol. The molecule has 0 aromatic rings. The molecule has 0 aliphatic carbocycles. The largest absolute Gasteiger partial charge is 0.462 e. The van der Waals surface area contributed by atoms with E-state index >= 15 is 0 Å². The van der Waals surface area contributed by atoms with Gasteiger partial charge in [-0.05, 0) is 57.8 Å². The van der Waals surface area contributed by atoms with E-state index in [1.807, 2.05) is 54.7 Å². The van der Waals surface area contributed by atoms with Crippen molar-refractivity contribution in [2.75, 3.05) is 6.61 Å². The molecular formula is C55H95NO5. The molecule has 3 atom stereocenters. The quantitative estimate of drug-likeness (QED) is 0.0322. The minimum Gasteiger partial charge on any atom is -0.462 e. The third-order valence-electron chi connectivity index (χ3n) is 11.1. The molecule has 3 N–H and O–H groups in total. The van der Waals surface area contributed by atoms with Gasteiger partial charge < -0.3 is 20.3 Å². The maximum Gasteiger partial charge on any atom is 0.306 e. The fourth-order valence-corrected chi connectivity index (χ4v) is 7.28. The second-order valence-corrected chi connectivity index (χ2v) is 17.0. The molecule has 0 heterocycles. The van der Waals surface area contributed by atoms with Gasteiger partial charge in [-0.15, -0.1) is 0 Å². The van der Waals surface area contributed by atoms with Crippen molar-refractivity contribution in [3.63, 3.8) is 0 Å². The number of unbranched alkanes of at least 4 members (excludes halogenated alkanes) is 23. The molecule has 0 aliphatic rings. The number of rotatable bonds is 44. The van der Waals surface area contributed by atoms with Crippen molar-refractivity contribution >= 4 is 11.9 Å². The van der Waals surface area contributed by atoms with Gasteiger partial charge in [0, 0.05) is 6.42 Å². The molecule has 0 bridgehead atoms. The molecule has 3 unspecified atom stereocenters. The highest BCUT2D eigenvalue weighted by Gasteiger charge is 2.24. The number of hydrogen-bond donors (Lipinski definition) is 3. The number of aliphatic hydroxyl groups is 2. The SMILES string of the molecule is CC/C=C/C=C/C=C\C=C/C=C/CCCC(=O)OC(CCC/C=C/C=C/CCCCCCCCC)CC(=O)NC(CO)C(O)CCCCCCCCCCCCCCCCC. The first-order chi connectivity index (χ1) is 30.0. The van der Waals surface area contributed by atoms with Crippen molar-refractivity contribution < 1.29 is 24.5 Å². The number of hydrogen-bond acceptors (Lipinski definition) is 5. The number of esters is 1. The fraction of sp³-hybridized carbons (Fsp3) is 0.709. The van der Waals surface area contributed by atoms with Crippen molar-refractivity contribution in [1.29, 1.82) is 0 Å².